The molecule has 3 rings (SSSR count). The highest BCUT2D eigenvalue weighted by atomic mass is 16.5. The molecule has 3 heterocycles. The Bertz CT molecular complexity index is 463. The van der Waals surface area contributed by atoms with Crippen molar-refractivity contribution in [2.24, 2.45) is 0 Å². The Morgan fingerprint density at radius 3 is 3.13 bits per heavy atom. The van der Waals surface area contributed by atoms with Gasteiger partial charge in [-0.25, -0.2) is 0 Å². The first-order valence-electron chi connectivity index (χ1n) is 5.03. The summed E-state index contributed by atoms with van der Waals surface area (Å²) in [6.07, 6.45) is 1.98. The summed E-state index contributed by atoms with van der Waals surface area (Å²) < 4.78 is 7.08. The molecular weight excluding hydrogens is 192 g/mol. The summed E-state index contributed by atoms with van der Waals surface area (Å²) in [5, 5.41) is 11.6. The second-order valence-corrected chi connectivity index (χ2v) is 3.66. The average molecular weight is 204 g/mol. The number of hydrogen-bond donors (Lipinski definition) is 1. The maximum Gasteiger partial charge on any atom is 0.160 e. The van der Waals surface area contributed by atoms with E-state index in [2.05, 4.69) is 15.5 Å². The lowest BCUT2D eigenvalue weighted by Gasteiger charge is -2.26. The molecule has 5 nitrogen and oxygen atoms in total. The van der Waals surface area contributed by atoms with Gasteiger partial charge in [-0.2, -0.15) is 0 Å². The lowest BCUT2D eigenvalue weighted by atomic mass is 10.2. The molecule has 15 heavy (non-hydrogen) atoms. The summed E-state index contributed by atoms with van der Waals surface area (Å²) in [6, 6.07) is 6.36. The Morgan fingerprint density at radius 1 is 1.40 bits per heavy atom. The van der Waals surface area contributed by atoms with Crippen LogP contribution in [0, 0.1) is 0 Å². The second kappa shape index (κ2) is 3.60. The maximum absolute atomic E-state index is 5.09. The minimum atomic E-state index is 0.473. The third kappa shape index (κ3) is 1.60. The molecule has 5 heteroatoms. The van der Waals surface area contributed by atoms with E-state index >= 15 is 0 Å². The van der Waals surface area contributed by atoms with Crippen LogP contribution in [0.2, 0.25) is 0 Å². The van der Waals surface area contributed by atoms with Crippen LogP contribution in [-0.4, -0.2) is 33.9 Å². The van der Waals surface area contributed by atoms with E-state index in [0.29, 0.717) is 6.04 Å². The number of ether oxygens (including phenoxy) is 1. The minimum Gasteiger partial charge on any atom is -0.378 e. The van der Waals surface area contributed by atoms with Gasteiger partial charge in [0.1, 0.15) is 0 Å². The van der Waals surface area contributed by atoms with Crippen molar-refractivity contribution in [1.29, 1.82) is 0 Å². The fraction of sp³-hybridized carbons (Fsp3) is 0.400. The molecule has 0 saturated carbocycles. The van der Waals surface area contributed by atoms with Crippen LogP contribution in [0.1, 0.15) is 5.82 Å². The molecule has 2 aromatic rings. The normalized spacial score (nSPS) is 16.8. The molecule has 0 aromatic carbocycles. The summed E-state index contributed by atoms with van der Waals surface area (Å²) in [5.41, 5.74) is 0.888. The third-order valence-electron chi connectivity index (χ3n) is 2.57. The Hall–Kier alpha value is -1.46. The van der Waals surface area contributed by atoms with Gasteiger partial charge < -0.3 is 10.1 Å². The number of fused-ring (bicyclic) bond motifs is 1. The van der Waals surface area contributed by atoms with E-state index in [-0.39, 0.29) is 0 Å². The van der Waals surface area contributed by atoms with Crippen molar-refractivity contribution in [3.63, 3.8) is 0 Å². The number of nitrogens with one attached hydrogen (secondary N) is 1. The van der Waals surface area contributed by atoms with Crippen LogP contribution in [0.25, 0.3) is 5.65 Å². The Labute approximate surface area is 87.1 Å². The van der Waals surface area contributed by atoms with E-state index in [1.165, 1.54) is 0 Å². The number of rotatable bonds is 3. The molecule has 0 unspecified atom stereocenters. The van der Waals surface area contributed by atoms with E-state index in [4.69, 9.17) is 4.74 Å². The van der Waals surface area contributed by atoms with Crippen molar-refractivity contribution < 1.29 is 4.74 Å². The molecule has 1 fully saturated rings. The van der Waals surface area contributed by atoms with E-state index in [1.807, 2.05) is 28.8 Å². The molecule has 1 N–H and O–H groups in total. The summed E-state index contributed by atoms with van der Waals surface area (Å²) in [6.45, 7) is 2.34. The molecule has 1 aliphatic rings. The number of pyridine rings is 1. The summed E-state index contributed by atoms with van der Waals surface area (Å²) in [5.74, 6) is 0.942. The molecule has 1 saturated heterocycles. The molecule has 78 valence electrons. The first-order chi connectivity index (χ1) is 7.43. The van der Waals surface area contributed by atoms with Gasteiger partial charge in [-0.15, -0.1) is 10.2 Å². The van der Waals surface area contributed by atoms with Crippen LogP contribution in [-0.2, 0) is 11.3 Å². The van der Waals surface area contributed by atoms with Crippen molar-refractivity contribution in [3.8, 4) is 0 Å². The van der Waals surface area contributed by atoms with Crippen molar-refractivity contribution in [2.45, 2.75) is 12.6 Å². The van der Waals surface area contributed by atoms with Crippen LogP contribution in [0.3, 0.4) is 0 Å². The molecule has 2 aromatic heterocycles. The quantitative estimate of drug-likeness (QED) is 0.777. The van der Waals surface area contributed by atoms with Gasteiger partial charge in [-0.1, -0.05) is 6.07 Å². The fourth-order valence-electron chi connectivity index (χ4n) is 1.60. The van der Waals surface area contributed by atoms with E-state index < -0.39 is 0 Å². The minimum absolute atomic E-state index is 0.473. The smallest absolute Gasteiger partial charge is 0.160 e. The van der Waals surface area contributed by atoms with Gasteiger partial charge in [0.05, 0.1) is 25.8 Å². The van der Waals surface area contributed by atoms with Gasteiger partial charge in [-0.3, -0.25) is 4.40 Å². The van der Waals surface area contributed by atoms with Crippen LogP contribution in [0.15, 0.2) is 24.4 Å². The predicted molar refractivity (Wildman–Crippen MR) is 54.4 cm³/mol. The lowest BCUT2D eigenvalue weighted by Crippen LogP contribution is -2.45. The van der Waals surface area contributed by atoms with E-state index in [1.54, 1.807) is 0 Å². The van der Waals surface area contributed by atoms with Gasteiger partial charge in [0.2, 0.25) is 0 Å². The molecule has 0 bridgehead atoms. The Kier molecular flexibility index (Phi) is 2.12. The number of aromatic nitrogens is 3. The molecule has 0 atom stereocenters. The molecule has 1 aliphatic heterocycles. The summed E-state index contributed by atoms with van der Waals surface area (Å²) >= 11 is 0. The third-order valence-corrected chi connectivity index (χ3v) is 2.57. The van der Waals surface area contributed by atoms with Crippen molar-refractivity contribution in [2.75, 3.05) is 13.2 Å². The van der Waals surface area contributed by atoms with Gasteiger partial charge in [-0.05, 0) is 12.1 Å². The van der Waals surface area contributed by atoms with Gasteiger partial charge in [0, 0.05) is 6.20 Å². The molecule has 0 spiro atoms. The maximum atomic E-state index is 5.09. The number of nitrogens with zero attached hydrogens (tertiary/aromatic N) is 3. The van der Waals surface area contributed by atoms with Crippen molar-refractivity contribution >= 4 is 5.65 Å². The van der Waals surface area contributed by atoms with E-state index in [9.17, 15) is 0 Å². The highest BCUT2D eigenvalue weighted by Crippen LogP contribution is 2.04. The molecular formula is C10H12N4O. The van der Waals surface area contributed by atoms with E-state index in [0.717, 1.165) is 31.2 Å². The first-order valence-corrected chi connectivity index (χ1v) is 5.03. The van der Waals surface area contributed by atoms with Crippen LogP contribution in [0.4, 0.5) is 0 Å². The number of hydrogen-bond acceptors (Lipinski definition) is 4. The van der Waals surface area contributed by atoms with Crippen LogP contribution >= 0.6 is 0 Å². The SMILES string of the molecule is c1ccn2c(CNC3COC3)nnc2c1. The zero-order valence-corrected chi connectivity index (χ0v) is 8.26. The first kappa shape index (κ1) is 8.82. The van der Waals surface area contributed by atoms with Crippen LogP contribution < -0.4 is 5.32 Å². The monoisotopic (exact) mass is 204 g/mol. The highest BCUT2D eigenvalue weighted by Gasteiger charge is 2.18. The van der Waals surface area contributed by atoms with Gasteiger partial charge in [0.25, 0.3) is 0 Å². The zero-order chi connectivity index (χ0) is 10.1. The second-order valence-electron chi connectivity index (χ2n) is 3.66. The molecule has 0 radical (unpaired) electrons. The van der Waals surface area contributed by atoms with Crippen molar-refractivity contribution in [1.82, 2.24) is 19.9 Å². The fourth-order valence-corrected chi connectivity index (χ4v) is 1.60. The summed E-state index contributed by atoms with van der Waals surface area (Å²) in [4.78, 5) is 0. The van der Waals surface area contributed by atoms with Gasteiger partial charge in [0.15, 0.2) is 11.5 Å². The highest BCUT2D eigenvalue weighted by molar-refractivity contribution is 5.36. The van der Waals surface area contributed by atoms with Crippen LogP contribution in [0.5, 0.6) is 0 Å². The Balaban J connectivity index is 1.78. The zero-order valence-electron chi connectivity index (χ0n) is 8.26. The Morgan fingerprint density at radius 2 is 2.33 bits per heavy atom. The lowest BCUT2D eigenvalue weighted by molar-refractivity contribution is -0.00607. The summed E-state index contributed by atoms with van der Waals surface area (Å²) in [7, 11) is 0. The molecule has 0 amide bonds. The molecule has 0 aliphatic carbocycles. The predicted octanol–water partition coefficient (Wildman–Crippen LogP) is 0.218. The largest absolute Gasteiger partial charge is 0.378 e. The average Bonchev–Trinajstić information content (AvgIpc) is 2.60. The van der Waals surface area contributed by atoms with Crippen molar-refractivity contribution in [3.05, 3.63) is 30.2 Å². The topological polar surface area (TPSA) is 51.5 Å². The standard InChI is InChI=1S/C10H12N4O/c1-2-4-14-9(3-1)12-13-10(14)5-11-8-6-15-7-8/h1-4,8,11H,5-7H2. The van der Waals surface area contributed by atoms with Gasteiger partial charge >= 0.3 is 0 Å².